The number of amides is 2. The highest BCUT2D eigenvalue weighted by molar-refractivity contribution is 6.30. The number of halogens is 1. The number of pyridine rings is 1. The van der Waals surface area contributed by atoms with Crippen LogP contribution in [-0.4, -0.2) is 41.4 Å². The Hall–Kier alpha value is -3.58. The lowest BCUT2D eigenvalue weighted by Crippen LogP contribution is -2.43. The standard InChI is InChI=1S/C25H24ClN3O4/c26-19-6-9-22(10-7-19)33-23-11-8-20(16-27-23)28-25(31)18-12-14-29(15-13-18)24(30)17-32-21-4-2-1-3-5-21/h1-11,16,18H,12-15,17H2,(H,28,31). The third kappa shape index (κ3) is 6.46. The molecule has 0 saturated carbocycles. The van der Waals surface area contributed by atoms with E-state index in [1.54, 1.807) is 47.5 Å². The Balaban J connectivity index is 1.21. The molecule has 1 aliphatic rings. The van der Waals surface area contributed by atoms with Gasteiger partial charge in [0.25, 0.3) is 5.91 Å². The summed E-state index contributed by atoms with van der Waals surface area (Å²) in [6.45, 7) is 1.05. The second-order valence-corrected chi connectivity index (χ2v) is 8.12. The van der Waals surface area contributed by atoms with E-state index in [1.165, 1.54) is 0 Å². The monoisotopic (exact) mass is 465 g/mol. The average molecular weight is 466 g/mol. The predicted molar refractivity (Wildman–Crippen MR) is 126 cm³/mol. The van der Waals surface area contributed by atoms with Crippen molar-refractivity contribution < 1.29 is 19.1 Å². The highest BCUT2D eigenvalue weighted by Crippen LogP contribution is 2.23. The molecule has 1 aromatic heterocycles. The summed E-state index contributed by atoms with van der Waals surface area (Å²) in [5.74, 6) is 1.40. The van der Waals surface area contributed by atoms with Crippen molar-refractivity contribution in [1.29, 1.82) is 0 Å². The molecule has 1 aliphatic heterocycles. The summed E-state index contributed by atoms with van der Waals surface area (Å²) in [5.41, 5.74) is 0.596. The first kappa shape index (κ1) is 22.6. The van der Waals surface area contributed by atoms with Crippen LogP contribution in [0.1, 0.15) is 12.8 Å². The van der Waals surface area contributed by atoms with E-state index < -0.39 is 0 Å². The summed E-state index contributed by atoms with van der Waals surface area (Å²) in [6.07, 6.45) is 2.77. The smallest absolute Gasteiger partial charge is 0.260 e. The summed E-state index contributed by atoms with van der Waals surface area (Å²) < 4.78 is 11.2. The van der Waals surface area contributed by atoms with E-state index in [-0.39, 0.29) is 24.3 Å². The Morgan fingerprint density at radius 3 is 2.36 bits per heavy atom. The number of hydrogen-bond acceptors (Lipinski definition) is 5. The van der Waals surface area contributed by atoms with Crippen LogP contribution < -0.4 is 14.8 Å². The third-order valence-electron chi connectivity index (χ3n) is 5.36. The molecule has 1 saturated heterocycles. The minimum absolute atomic E-state index is 0.00299. The minimum atomic E-state index is -0.158. The normalized spacial score (nSPS) is 13.9. The molecule has 2 heterocycles. The zero-order valence-electron chi connectivity index (χ0n) is 17.9. The molecule has 170 valence electrons. The zero-order chi connectivity index (χ0) is 23.0. The van der Waals surface area contributed by atoms with Gasteiger partial charge in [-0.3, -0.25) is 9.59 Å². The van der Waals surface area contributed by atoms with Gasteiger partial charge in [0.2, 0.25) is 11.8 Å². The maximum absolute atomic E-state index is 12.7. The van der Waals surface area contributed by atoms with Crippen LogP contribution in [0.2, 0.25) is 5.02 Å². The Labute approximate surface area is 197 Å². The van der Waals surface area contributed by atoms with Crippen molar-refractivity contribution in [3.63, 3.8) is 0 Å². The molecule has 33 heavy (non-hydrogen) atoms. The number of aromatic nitrogens is 1. The third-order valence-corrected chi connectivity index (χ3v) is 5.62. The number of ether oxygens (including phenoxy) is 2. The molecule has 0 atom stereocenters. The average Bonchev–Trinajstić information content (AvgIpc) is 2.86. The van der Waals surface area contributed by atoms with Crippen LogP contribution in [0.4, 0.5) is 5.69 Å². The van der Waals surface area contributed by atoms with Gasteiger partial charge in [0.1, 0.15) is 11.5 Å². The predicted octanol–water partition coefficient (Wildman–Crippen LogP) is 4.78. The topological polar surface area (TPSA) is 80.8 Å². The lowest BCUT2D eigenvalue weighted by molar-refractivity contribution is -0.136. The number of carbonyl (C=O) groups excluding carboxylic acids is 2. The van der Waals surface area contributed by atoms with Crippen LogP contribution in [0.25, 0.3) is 0 Å². The van der Waals surface area contributed by atoms with E-state index >= 15 is 0 Å². The van der Waals surface area contributed by atoms with Crippen molar-refractivity contribution in [3.8, 4) is 17.4 Å². The molecular weight excluding hydrogens is 442 g/mol. The quantitative estimate of drug-likeness (QED) is 0.543. The molecular formula is C25H24ClN3O4. The highest BCUT2D eigenvalue weighted by atomic mass is 35.5. The number of para-hydroxylation sites is 1. The van der Waals surface area contributed by atoms with Gasteiger partial charge in [-0.05, 0) is 55.3 Å². The van der Waals surface area contributed by atoms with Crippen molar-refractivity contribution in [1.82, 2.24) is 9.88 Å². The molecule has 0 aliphatic carbocycles. The molecule has 2 amide bonds. The molecule has 0 bridgehead atoms. The molecule has 3 aromatic rings. The van der Waals surface area contributed by atoms with Gasteiger partial charge in [0.05, 0.1) is 11.9 Å². The maximum Gasteiger partial charge on any atom is 0.260 e. The molecule has 0 spiro atoms. The Bertz CT molecular complexity index is 1070. The Kier molecular flexibility index (Phi) is 7.42. The summed E-state index contributed by atoms with van der Waals surface area (Å²) in [5, 5.41) is 3.53. The number of piperidine rings is 1. The first-order chi connectivity index (χ1) is 16.1. The van der Waals surface area contributed by atoms with Crippen molar-refractivity contribution in [2.75, 3.05) is 25.0 Å². The molecule has 2 aromatic carbocycles. The lowest BCUT2D eigenvalue weighted by Gasteiger charge is -2.31. The number of likely N-dealkylation sites (tertiary alicyclic amines) is 1. The number of rotatable bonds is 7. The van der Waals surface area contributed by atoms with Gasteiger partial charge in [-0.25, -0.2) is 4.98 Å². The fourth-order valence-electron chi connectivity index (χ4n) is 3.53. The second kappa shape index (κ2) is 10.8. The minimum Gasteiger partial charge on any atom is -0.484 e. The van der Waals surface area contributed by atoms with Crippen LogP contribution in [0, 0.1) is 5.92 Å². The first-order valence-electron chi connectivity index (χ1n) is 10.7. The molecule has 0 unspecified atom stereocenters. The highest BCUT2D eigenvalue weighted by Gasteiger charge is 2.27. The summed E-state index contributed by atoms with van der Waals surface area (Å²) >= 11 is 5.87. The lowest BCUT2D eigenvalue weighted by atomic mass is 9.96. The van der Waals surface area contributed by atoms with Crippen LogP contribution in [-0.2, 0) is 9.59 Å². The largest absolute Gasteiger partial charge is 0.484 e. The van der Waals surface area contributed by atoms with Crippen LogP contribution in [0.15, 0.2) is 72.9 Å². The fraction of sp³-hybridized carbons (Fsp3) is 0.240. The number of carbonyl (C=O) groups is 2. The van der Waals surface area contributed by atoms with Gasteiger partial charge in [-0.2, -0.15) is 0 Å². The summed E-state index contributed by atoms with van der Waals surface area (Å²) in [7, 11) is 0. The fourth-order valence-corrected chi connectivity index (χ4v) is 3.65. The summed E-state index contributed by atoms with van der Waals surface area (Å²) in [6, 6.07) is 19.7. The number of nitrogens with one attached hydrogen (secondary N) is 1. The molecule has 4 rings (SSSR count). The van der Waals surface area contributed by atoms with Crippen molar-refractivity contribution in [2.45, 2.75) is 12.8 Å². The van der Waals surface area contributed by atoms with Crippen molar-refractivity contribution in [2.24, 2.45) is 5.92 Å². The van der Waals surface area contributed by atoms with E-state index in [4.69, 9.17) is 21.1 Å². The molecule has 8 heteroatoms. The van der Waals surface area contributed by atoms with E-state index in [0.29, 0.717) is 54.0 Å². The number of anilines is 1. The van der Waals surface area contributed by atoms with Gasteiger partial charge in [0.15, 0.2) is 6.61 Å². The van der Waals surface area contributed by atoms with Gasteiger partial charge in [-0.1, -0.05) is 29.8 Å². The van der Waals surface area contributed by atoms with Gasteiger partial charge >= 0.3 is 0 Å². The molecule has 7 nitrogen and oxygen atoms in total. The van der Waals surface area contributed by atoms with E-state index in [0.717, 1.165) is 0 Å². The number of hydrogen-bond donors (Lipinski definition) is 1. The van der Waals surface area contributed by atoms with E-state index in [9.17, 15) is 9.59 Å². The molecule has 0 radical (unpaired) electrons. The first-order valence-corrected chi connectivity index (χ1v) is 11.1. The molecule has 1 fully saturated rings. The Morgan fingerprint density at radius 1 is 0.970 bits per heavy atom. The van der Waals surface area contributed by atoms with E-state index in [1.807, 2.05) is 30.3 Å². The summed E-state index contributed by atoms with van der Waals surface area (Å²) in [4.78, 5) is 31.0. The molecule has 1 N–H and O–H groups in total. The van der Waals surface area contributed by atoms with Crippen LogP contribution in [0.3, 0.4) is 0 Å². The second-order valence-electron chi connectivity index (χ2n) is 7.69. The van der Waals surface area contributed by atoms with Gasteiger partial charge in [0, 0.05) is 30.1 Å². The Morgan fingerprint density at radius 2 is 1.70 bits per heavy atom. The maximum atomic E-state index is 12.7. The van der Waals surface area contributed by atoms with Crippen molar-refractivity contribution in [3.05, 3.63) is 77.9 Å². The van der Waals surface area contributed by atoms with Crippen LogP contribution >= 0.6 is 11.6 Å². The number of benzene rings is 2. The van der Waals surface area contributed by atoms with Crippen LogP contribution in [0.5, 0.6) is 17.4 Å². The zero-order valence-corrected chi connectivity index (χ0v) is 18.7. The van der Waals surface area contributed by atoms with Gasteiger partial charge in [-0.15, -0.1) is 0 Å². The van der Waals surface area contributed by atoms with Crippen molar-refractivity contribution >= 4 is 29.1 Å². The number of nitrogens with zero attached hydrogens (tertiary/aromatic N) is 2. The SMILES string of the molecule is O=C(Nc1ccc(Oc2ccc(Cl)cc2)nc1)C1CCN(C(=O)COc2ccccc2)CC1. The van der Waals surface area contributed by atoms with Gasteiger partial charge < -0.3 is 19.7 Å². The van der Waals surface area contributed by atoms with E-state index in [2.05, 4.69) is 10.3 Å².